The van der Waals surface area contributed by atoms with Gasteiger partial charge in [0.15, 0.2) is 11.5 Å². The van der Waals surface area contributed by atoms with Crippen molar-refractivity contribution < 1.29 is 34.3 Å². The molecule has 11 heteroatoms. The van der Waals surface area contributed by atoms with E-state index in [2.05, 4.69) is 0 Å². The highest BCUT2D eigenvalue weighted by Gasteiger charge is 2.61. The van der Waals surface area contributed by atoms with E-state index in [4.69, 9.17) is 14.2 Å². The van der Waals surface area contributed by atoms with E-state index in [1.54, 1.807) is 0 Å². The number of nitro benzene ring substituents is 2. The second-order valence-corrected chi connectivity index (χ2v) is 8.76. The van der Waals surface area contributed by atoms with Crippen LogP contribution in [0.1, 0.15) is 32.1 Å². The second kappa shape index (κ2) is 6.95. The lowest BCUT2D eigenvalue weighted by Crippen LogP contribution is -2.67. The molecule has 2 aromatic rings. The van der Waals surface area contributed by atoms with E-state index >= 15 is 0 Å². The Morgan fingerprint density at radius 2 is 1.22 bits per heavy atom. The number of nitrogens with zero attached hydrogens (tertiary/aromatic N) is 2. The van der Waals surface area contributed by atoms with Gasteiger partial charge in [0.05, 0.1) is 22.1 Å². The van der Waals surface area contributed by atoms with Crippen molar-refractivity contribution in [2.24, 2.45) is 0 Å². The molecule has 0 radical (unpaired) electrons. The van der Waals surface area contributed by atoms with Crippen molar-refractivity contribution >= 4 is 11.4 Å². The standard InChI is InChI=1S/C21H20N2O9/c24-18-5-12(1-3-16(18)22(26)27)31-20-7-14-9-21(11-20,10-15(8-20)30-14)32-13-2-4-17(23(28)29)19(25)6-13/h1-6,14-15,24-25H,7-11H2. The van der Waals surface area contributed by atoms with Crippen molar-refractivity contribution in [2.75, 3.05) is 0 Å². The number of aromatic hydroxyl groups is 2. The fourth-order valence-electron chi connectivity index (χ4n) is 5.49. The lowest BCUT2D eigenvalue weighted by atomic mass is 9.62. The molecule has 2 N–H and O–H groups in total. The van der Waals surface area contributed by atoms with Crippen molar-refractivity contribution in [1.29, 1.82) is 0 Å². The summed E-state index contributed by atoms with van der Waals surface area (Å²) in [6.07, 6.45) is 2.71. The average molecular weight is 444 g/mol. The molecule has 32 heavy (non-hydrogen) atoms. The smallest absolute Gasteiger partial charge is 0.310 e. The molecule has 2 heterocycles. The maximum Gasteiger partial charge on any atom is 0.310 e. The Bertz CT molecular complexity index is 1020. The van der Waals surface area contributed by atoms with Crippen LogP contribution in [0.2, 0.25) is 0 Å². The molecule has 4 aliphatic rings. The molecule has 4 bridgehead atoms. The molecule has 2 aliphatic carbocycles. The summed E-state index contributed by atoms with van der Waals surface area (Å²) >= 11 is 0. The highest BCUT2D eigenvalue weighted by Crippen LogP contribution is 2.55. The van der Waals surface area contributed by atoms with Crippen LogP contribution in [0, 0.1) is 20.2 Å². The number of phenols is 2. The van der Waals surface area contributed by atoms with Crippen LogP contribution in [0.3, 0.4) is 0 Å². The summed E-state index contributed by atoms with van der Waals surface area (Å²) in [6.45, 7) is 0. The fourth-order valence-corrected chi connectivity index (χ4v) is 5.49. The highest BCUT2D eigenvalue weighted by atomic mass is 16.6. The van der Waals surface area contributed by atoms with Crippen molar-refractivity contribution in [3.8, 4) is 23.0 Å². The van der Waals surface area contributed by atoms with Gasteiger partial charge in [0.2, 0.25) is 0 Å². The number of benzene rings is 2. The largest absolute Gasteiger partial charge is 0.502 e. The molecule has 6 rings (SSSR count). The molecule has 0 amide bonds. The van der Waals surface area contributed by atoms with Crippen LogP contribution in [0.25, 0.3) is 0 Å². The number of hydrogen-bond donors (Lipinski definition) is 2. The van der Waals surface area contributed by atoms with E-state index in [0.717, 1.165) is 0 Å². The molecule has 4 fully saturated rings. The third-order valence-corrected chi connectivity index (χ3v) is 6.38. The Balaban J connectivity index is 1.41. The maximum absolute atomic E-state index is 11.0. The summed E-state index contributed by atoms with van der Waals surface area (Å²) in [6, 6.07) is 7.79. The van der Waals surface area contributed by atoms with Crippen LogP contribution in [-0.2, 0) is 4.74 Å². The van der Waals surface area contributed by atoms with Crippen molar-refractivity contribution in [3.63, 3.8) is 0 Å². The van der Waals surface area contributed by atoms with Crippen LogP contribution >= 0.6 is 0 Å². The molecule has 11 nitrogen and oxygen atoms in total. The van der Waals surface area contributed by atoms with Gasteiger partial charge in [-0.3, -0.25) is 20.2 Å². The number of ether oxygens (including phenoxy) is 3. The number of rotatable bonds is 6. The van der Waals surface area contributed by atoms with Crippen molar-refractivity contribution in [3.05, 3.63) is 56.6 Å². The van der Waals surface area contributed by atoms with Gasteiger partial charge in [-0.15, -0.1) is 0 Å². The summed E-state index contributed by atoms with van der Waals surface area (Å²) in [4.78, 5) is 20.6. The highest BCUT2D eigenvalue weighted by molar-refractivity contribution is 5.50. The topological polar surface area (TPSA) is 154 Å². The first-order valence-electron chi connectivity index (χ1n) is 10.1. The zero-order valence-electron chi connectivity index (χ0n) is 16.8. The first-order chi connectivity index (χ1) is 15.2. The van der Waals surface area contributed by atoms with E-state index < -0.39 is 43.9 Å². The molecular formula is C21H20N2O9. The Kier molecular flexibility index (Phi) is 4.41. The predicted octanol–water partition coefficient (Wildman–Crippen LogP) is 3.59. The van der Waals surface area contributed by atoms with Gasteiger partial charge in [-0.25, -0.2) is 0 Å². The van der Waals surface area contributed by atoms with Crippen LogP contribution in [0.5, 0.6) is 23.0 Å². The van der Waals surface area contributed by atoms with Crippen molar-refractivity contribution in [1.82, 2.24) is 0 Å². The van der Waals surface area contributed by atoms with E-state index in [9.17, 15) is 30.4 Å². The first kappa shape index (κ1) is 20.3. The maximum atomic E-state index is 11.0. The van der Waals surface area contributed by atoms with E-state index in [1.807, 2.05) is 0 Å². The minimum Gasteiger partial charge on any atom is -0.502 e. The zero-order valence-corrected chi connectivity index (χ0v) is 16.8. The van der Waals surface area contributed by atoms with E-state index in [-0.39, 0.29) is 12.2 Å². The number of nitro groups is 2. The molecule has 2 saturated heterocycles. The van der Waals surface area contributed by atoms with Crippen molar-refractivity contribution in [2.45, 2.75) is 55.5 Å². The Morgan fingerprint density at radius 1 is 0.812 bits per heavy atom. The van der Waals surface area contributed by atoms with Gasteiger partial charge >= 0.3 is 11.4 Å². The van der Waals surface area contributed by atoms with Gasteiger partial charge in [0, 0.05) is 56.4 Å². The molecule has 0 aromatic heterocycles. The molecule has 0 spiro atoms. The number of phenolic OH excluding ortho intramolecular Hbond substituents is 2. The quantitative estimate of drug-likeness (QED) is 0.502. The monoisotopic (exact) mass is 444 g/mol. The number of hydrogen-bond acceptors (Lipinski definition) is 9. The predicted molar refractivity (Wildman–Crippen MR) is 108 cm³/mol. The fraction of sp³-hybridized carbons (Fsp3) is 0.429. The van der Waals surface area contributed by atoms with Gasteiger partial charge < -0.3 is 24.4 Å². The van der Waals surface area contributed by atoms with Gasteiger partial charge in [-0.05, 0) is 12.1 Å². The Morgan fingerprint density at radius 3 is 1.56 bits per heavy atom. The summed E-state index contributed by atoms with van der Waals surface area (Å²) in [5, 5.41) is 41.8. The lowest BCUT2D eigenvalue weighted by molar-refractivity contribution is -0.386. The van der Waals surface area contributed by atoms with Crippen LogP contribution in [0.4, 0.5) is 11.4 Å². The lowest BCUT2D eigenvalue weighted by Gasteiger charge is -2.60. The minimum absolute atomic E-state index is 0.116. The van der Waals surface area contributed by atoms with E-state index in [0.29, 0.717) is 43.6 Å². The summed E-state index contributed by atoms with van der Waals surface area (Å²) in [5.74, 6) is -0.307. The van der Waals surface area contributed by atoms with Crippen LogP contribution in [-0.4, -0.2) is 43.5 Å². The summed E-state index contributed by atoms with van der Waals surface area (Å²) < 4.78 is 18.6. The second-order valence-electron chi connectivity index (χ2n) is 8.76. The molecule has 2 saturated carbocycles. The Hall–Kier alpha value is -3.60. The minimum atomic E-state index is -0.667. The molecule has 2 aromatic carbocycles. The van der Waals surface area contributed by atoms with E-state index in [1.165, 1.54) is 36.4 Å². The molecule has 0 atom stereocenters. The molecule has 168 valence electrons. The van der Waals surface area contributed by atoms with Gasteiger partial charge in [0.25, 0.3) is 0 Å². The zero-order chi connectivity index (χ0) is 22.7. The normalized spacial score (nSPS) is 30.1. The molecule has 0 unspecified atom stereocenters. The average Bonchev–Trinajstić information content (AvgIpc) is 2.65. The van der Waals surface area contributed by atoms with Crippen LogP contribution in [0.15, 0.2) is 36.4 Å². The summed E-state index contributed by atoms with van der Waals surface area (Å²) in [7, 11) is 0. The van der Waals surface area contributed by atoms with Crippen LogP contribution < -0.4 is 9.47 Å². The third-order valence-electron chi connectivity index (χ3n) is 6.38. The molecular weight excluding hydrogens is 424 g/mol. The van der Waals surface area contributed by atoms with Gasteiger partial charge in [-0.2, -0.15) is 0 Å². The first-order valence-corrected chi connectivity index (χ1v) is 10.1. The summed E-state index contributed by atoms with van der Waals surface area (Å²) in [5.41, 5.74) is -2.08. The SMILES string of the molecule is O=[N+]([O-])c1ccc(OC23CC4CC(Oc5ccc([N+](=O)[O-])c(O)c5)(CC(C2)O4)C3)cc1O. The molecule has 2 aliphatic heterocycles. The van der Waals surface area contributed by atoms with Gasteiger partial charge in [-0.1, -0.05) is 0 Å². The van der Waals surface area contributed by atoms with Gasteiger partial charge in [0.1, 0.15) is 22.7 Å². The third kappa shape index (κ3) is 3.44. The Labute approximate surface area is 181 Å².